The molecule has 0 spiro atoms. The summed E-state index contributed by atoms with van der Waals surface area (Å²) in [5, 5.41) is 2.82. The molecule has 2 aliphatic rings. The third-order valence-corrected chi connectivity index (χ3v) is 10.8. The Morgan fingerprint density at radius 1 is 0.909 bits per heavy atom. The molecule has 9 heteroatoms. The monoisotopic (exact) mass is 617 g/mol. The Morgan fingerprint density at radius 3 is 2.34 bits per heavy atom. The summed E-state index contributed by atoms with van der Waals surface area (Å²) >= 11 is 0. The number of esters is 1. The minimum Gasteiger partial charge on any atom is -0.458 e. The second kappa shape index (κ2) is 14.1. The van der Waals surface area contributed by atoms with E-state index in [1.165, 1.54) is 22.0 Å². The fraction of sp³-hybridized carbons (Fsp3) is 0.429. The zero-order valence-electron chi connectivity index (χ0n) is 25.8. The van der Waals surface area contributed by atoms with Crippen LogP contribution in [0.25, 0.3) is 0 Å². The second-order valence-corrected chi connectivity index (χ2v) is 14.4. The van der Waals surface area contributed by atoms with Gasteiger partial charge in [0, 0.05) is 38.3 Å². The maximum absolute atomic E-state index is 13.5. The highest BCUT2D eigenvalue weighted by Crippen LogP contribution is 2.36. The fourth-order valence-corrected chi connectivity index (χ4v) is 7.80. The summed E-state index contributed by atoms with van der Waals surface area (Å²) < 4.78 is 34.6. The van der Waals surface area contributed by atoms with Gasteiger partial charge in [0.1, 0.15) is 6.10 Å². The Kier molecular flexibility index (Phi) is 10.2. The highest BCUT2D eigenvalue weighted by molar-refractivity contribution is 7.89. The summed E-state index contributed by atoms with van der Waals surface area (Å²) in [4.78, 5) is 29.0. The zero-order valence-corrected chi connectivity index (χ0v) is 26.6. The Bertz CT molecular complexity index is 1550. The van der Waals surface area contributed by atoms with Crippen LogP contribution in [0, 0.1) is 17.8 Å². The SMILES string of the molecule is CC(C)[C@H]1CC[C@H](C)C[C@H]1OC(=O)c1ccccc1NC(=O)c1cccc(S(=O)(=O)N2CCN(Cc3ccccc3)CC2)c1. The van der Waals surface area contributed by atoms with E-state index >= 15 is 0 Å². The summed E-state index contributed by atoms with van der Waals surface area (Å²) in [6.07, 6.45) is 2.81. The van der Waals surface area contributed by atoms with Crippen molar-refractivity contribution in [3.63, 3.8) is 0 Å². The van der Waals surface area contributed by atoms with Crippen LogP contribution in [0.5, 0.6) is 0 Å². The van der Waals surface area contributed by atoms with Crippen LogP contribution in [-0.4, -0.2) is 61.8 Å². The maximum atomic E-state index is 13.5. The van der Waals surface area contributed by atoms with E-state index in [4.69, 9.17) is 4.74 Å². The van der Waals surface area contributed by atoms with Gasteiger partial charge in [0.05, 0.1) is 16.1 Å². The summed E-state index contributed by atoms with van der Waals surface area (Å²) in [6, 6.07) is 23.0. The van der Waals surface area contributed by atoms with Gasteiger partial charge in [0.25, 0.3) is 5.91 Å². The highest BCUT2D eigenvalue weighted by atomic mass is 32.2. The zero-order chi connectivity index (χ0) is 31.3. The number of benzene rings is 3. The van der Waals surface area contributed by atoms with Gasteiger partial charge in [-0.25, -0.2) is 13.2 Å². The first kappa shape index (κ1) is 31.9. The molecule has 0 unspecified atom stereocenters. The molecule has 0 bridgehead atoms. The number of ether oxygens (including phenoxy) is 1. The molecule has 1 heterocycles. The van der Waals surface area contributed by atoms with Crippen LogP contribution in [0.1, 0.15) is 66.3 Å². The fourth-order valence-electron chi connectivity index (χ4n) is 6.33. The number of para-hydroxylation sites is 1. The molecule has 0 aromatic heterocycles. The summed E-state index contributed by atoms with van der Waals surface area (Å²) in [6.45, 7) is 9.28. The predicted molar refractivity (Wildman–Crippen MR) is 172 cm³/mol. The molecule has 0 radical (unpaired) electrons. The smallest absolute Gasteiger partial charge is 0.340 e. The average Bonchev–Trinajstić information content (AvgIpc) is 3.02. The van der Waals surface area contributed by atoms with Crippen LogP contribution in [0.2, 0.25) is 0 Å². The number of hydrogen-bond donors (Lipinski definition) is 1. The van der Waals surface area contributed by atoms with Crippen molar-refractivity contribution in [1.82, 2.24) is 9.21 Å². The molecule has 3 aromatic rings. The molecule has 1 saturated carbocycles. The van der Waals surface area contributed by atoms with Gasteiger partial charge in [-0.3, -0.25) is 9.69 Å². The predicted octanol–water partition coefficient (Wildman–Crippen LogP) is 6.06. The van der Waals surface area contributed by atoms with Crippen LogP contribution in [0.15, 0.2) is 83.8 Å². The van der Waals surface area contributed by atoms with Gasteiger partial charge in [0.15, 0.2) is 0 Å². The van der Waals surface area contributed by atoms with Crippen molar-refractivity contribution in [2.24, 2.45) is 17.8 Å². The standard InChI is InChI=1S/C35H43N3O5S/c1-25(2)30-17-16-26(3)22-33(30)43-35(40)31-14-7-8-15-32(31)36-34(39)28-12-9-13-29(23-28)44(41,42)38-20-18-37(19-21-38)24-27-10-5-4-6-11-27/h4-15,23,25-26,30,33H,16-22,24H2,1-3H3,(H,36,39)/t26-,30+,33+/m0/s1. The van der Waals surface area contributed by atoms with E-state index in [0.717, 1.165) is 25.8 Å². The van der Waals surface area contributed by atoms with Crippen LogP contribution in [0.4, 0.5) is 5.69 Å². The number of hydrogen-bond acceptors (Lipinski definition) is 6. The Labute approximate surface area is 261 Å². The van der Waals surface area contributed by atoms with E-state index in [2.05, 4.69) is 43.1 Å². The molecular formula is C35H43N3O5S. The molecule has 3 atom stereocenters. The van der Waals surface area contributed by atoms with Crippen molar-refractivity contribution in [3.05, 3.63) is 95.6 Å². The third kappa shape index (κ3) is 7.57. The molecule has 44 heavy (non-hydrogen) atoms. The largest absolute Gasteiger partial charge is 0.458 e. The normalized spacial score (nSPS) is 21.6. The minimum absolute atomic E-state index is 0.0699. The summed E-state index contributed by atoms with van der Waals surface area (Å²) in [7, 11) is -3.79. The average molecular weight is 618 g/mol. The van der Waals surface area contributed by atoms with Gasteiger partial charge in [0.2, 0.25) is 10.0 Å². The van der Waals surface area contributed by atoms with Gasteiger partial charge in [-0.2, -0.15) is 4.31 Å². The van der Waals surface area contributed by atoms with Gasteiger partial charge < -0.3 is 10.1 Å². The van der Waals surface area contributed by atoms with Gasteiger partial charge in [-0.15, -0.1) is 0 Å². The van der Waals surface area contributed by atoms with Crippen molar-refractivity contribution in [2.75, 3.05) is 31.5 Å². The van der Waals surface area contributed by atoms with Gasteiger partial charge >= 0.3 is 5.97 Å². The quantitative estimate of drug-likeness (QED) is 0.293. The number of rotatable bonds is 9. The molecule has 234 valence electrons. The number of nitrogens with one attached hydrogen (secondary N) is 1. The number of piperazine rings is 1. The van der Waals surface area contributed by atoms with E-state index in [1.807, 2.05) is 18.2 Å². The van der Waals surface area contributed by atoms with E-state index in [0.29, 0.717) is 49.6 Å². The molecule has 1 N–H and O–H groups in total. The van der Waals surface area contributed by atoms with Crippen molar-refractivity contribution >= 4 is 27.6 Å². The number of carbonyl (C=O) groups excluding carboxylic acids is 2. The number of amides is 1. The van der Waals surface area contributed by atoms with Crippen LogP contribution < -0.4 is 5.32 Å². The molecule has 1 aliphatic heterocycles. The molecule has 1 saturated heterocycles. The molecule has 5 rings (SSSR count). The van der Waals surface area contributed by atoms with Crippen molar-refractivity contribution in [2.45, 2.75) is 57.6 Å². The number of nitrogens with zero attached hydrogens (tertiary/aromatic N) is 2. The lowest BCUT2D eigenvalue weighted by molar-refractivity contribution is -0.0173. The number of anilines is 1. The third-order valence-electron chi connectivity index (χ3n) is 8.93. The lowest BCUT2D eigenvalue weighted by Gasteiger charge is -2.36. The Morgan fingerprint density at radius 2 is 1.61 bits per heavy atom. The van der Waals surface area contributed by atoms with Crippen LogP contribution in [-0.2, 0) is 21.3 Å². The van der Waals surface area contributed by atoms with Crippen molar-refractivity contribution in [3.8, 4) is 0 Å². The maximum Gasteiger partial charge on any atom is 0.340 e. The molecule has 2 fully saturated rings. The van der Waals surface area contributed by atoms with E-state index < -0.39 is 21.9 Å². The van der Waals surface area contributed by atoms with Crippen LogP contribution >= 0.6 is 0 Å². The Balaban J connectivity index is 1.25. The molecule has 1 aliphatic carbocycles. The Hall–Kier alpha value is -3.53. The van der Waals surface area contributed by atoms with Crippen molar-refractivity contribution in [1.29, 1.82) is 0 Å². The highest BCUT2D eigenvalue weighted by Gasteiger charge is 2.34. The number of sulfonamides is 1. The molecule has 1 amide bonds. The van der Waals surface area contributed by atoms with Crippen LogP contribution in [0.3, 0.4) is 0 Å². The lowest BCUT2D eigenvalue weighted by atomic mass is 9.75. The minimum atomic E-state index is -3.79. The van der Waals surface area contributed by atoms with E-state index in [9.17, 15) is 18.0 Å². The molecule has 3 aromatic carbocycles. The van der Waals surface area contributed by atoms with E-state index in [-0.39, 0.29) is 22.1 Å². The molecule has 8 nitrogen and oxygen atoms in total. The number of carbonyl (C=O) groups is 2. The first-order valence-electron chi connectivity index (χ1n) is 15.6. The summed E-state index contributed by atoms with van der Waals surface area (Å²) in [5.41, 5.74) is 1.99. The first-order valence-corrected chi connectivity index (χ1v) is 17.0. The van der Waals surface area contributed by atoms with E-state index in [1.54, 1.807) is 36.4 Å². The van der Waals surface area contributed by atoms with Gasteiger partial charge in [-0.05, 0) is 66.5 Å². The van der Waals surface area contributed by atoms with Crippen molar-refractivity contribution < 1.29 is 22.7 Å². The topological polar surface area (TPSA) is 96.0 Å². The molecular weight excluding hydrogens is 574 g/mol. The lowest BCUT2D eigenvalue weighted by Crippen LogP contribution is -2.48. The summed E-state index contributed by atoms with van der Waals surface area (Å²) in [5.74, 6) is 0.222. The van der Waals surface area contributed by atoms with Gasteiger partial charge in [-0.1, -0.05) is 75.7 Å². The first-order chi connectivity index (χ1) is 21.1. The second-order valence-electron chi connectivity index (χ2n) is 12.5.